The van der Waals surface area contributed by atoms with Gasteiger partial charge in [0.15, 0.2) is 0 Å². The van der Waals surface area contributed by atoms with Crippen LogP contribution in [0.25, 0.3) is 0 Å². The van der Waals surface area contributed by atoms with Crippen LogP contribution in [-0.2, 0) is 13.0 Å². The first-order chi connectivity index (χ1) is 13.7. The molecule has 0 aromatic heterocycles. The molecule has 28 heavy (non-hydrogen) atoms. The second-order valence-electron chi connectivity index (χ2n) is 7.13. The zero-order valence-electron chi connectivity index (χ0n) is 16.7. The smallest absolute Gasteiger partial charge is 0.121 e. The fraction of sp³-hybridized carbons (Fsp3) is 0.280. The van der Waals surface area contributed by atoms with Crippen molar-refractivity contribution in [1.82, 2.24) is 0 Å². The van der Waals surface area contributed by atoms with Crippen LogP contribution < -0.4 is 14.8 Å². The molecule has 0 atom stereocenters. The molecule has 0 aliphatic rings. The number of hydrogen-bond donors (Lipinski definition) is 1. The Bertz CT molecular complexity index is 846. The first-order valence-electron chi connectivity index (χ1n) is 9.95. The molecule has 0 heterocycles. The Morgan fingerprint density at radius 3 is 2.36 bits per heavy atom. The summed E-state index contributed by atoms with van der Waals surface area (Å²) in [5.41, 5.74) is 3.59. The van der Waals surface area contributed by atoms with Crippen LogP contribution in [0.2, 0.25) is 0 Å². The molecular weight excluding hydrogens is 346 g/mol. The van der Waals surface area contributed by atoms with Crippen molar-refractivity contribution < 1.29 is 9.47 Å². The summed E-state index contributed by atoms with van der Waals surface area (Å²) in [5, 5.41) is 3.46. The van der Waals surface area contributed by atoms with Gasteiger partial charge in [-0.2, -0.15) is 0 Å². The van der Waals surface area contributed by atoms with E-state index in [-0.39, 0.29) is 6.10 Å². The van der Waals surface area contributed by atoms with Gasteiger partial charge in [-0.05, 0) is 62.1 Å². The molecule has 1 N–H and O–H groups in total. The molecule has 0 fully saturated rings. The lowest BCUT2D eigenvalue weighted by atomic mass is 10.1. The Labute approximate surface area is 168 Å². The lowest BCUT2D eigenvalue weighted by Crippen LogP contribution is -2.06. The van der Waals surface area contributed by atoms with Crippen LogP contribution in [0.5, 0.6) is 11.5 Å². The van der Waals surface area contributed by atoms with Gasteiger partial charge in [-0.3, -0.25) is 0 Å². The summed E-state index contributed by atoms with van der Waals surface area (Å²) in [5.74, 6) is 1.81. The third kappa shape index (κ3) is 6.66. The van der Waals surface area contributed by atoms with Gasteiger partial charge in [0.25, 0.3) is 0 Å². The SMILES string of the molecule is CC(C)Oc1cccc(CNc2cccc(OCCCc3ccccc3)c2)c1. The Hall–Kier alpha value is -2.94. The van der Waals surface area contributed by atoms with Crippen molar-refractivity contribution in [2.24, 2.45) is 0 Å². The third-order valence-electron chi connectivity index (χ3n) is 4.32. The summed E-state index contributed by atoms with van der Waals surface area (Å²) >= 11 is 0. The molecule has 3 aromatic rings. The minimum Gasteiger partial charge on any atom is -0.494 e. The van der Waals surface area contributed by atoms with E-state index < -0.39 is 0 Å². The summed E-state index contributed by atoms with van der Waals surface area (Å²) in [7, 11) is 0. The summed E-state index contributed by atoms with van der Waals surface area (Å²) in [4.78, 5) is 0. The normalized spacial score (nSPS) is 10.7. The molecule has 3 rings (SSSR count). The molecule has 0 amide bonds. The second-order valence-corrected chi connectivity index (χ2v) is 7.13. The lowest BCUT2D eigenvalue weighted by molar-refractivity contribution is 0.242. The zero-order valence-corrected chi connectivity index (χ0v) is 16.7. The largest absolute Gasteiger partial charge is 0.494 e. The van der Waals surface area contributed by atoms with Gasteiger partial charge in [0.1, 0.15) is 11.5 Å². The quantitative estimate of drug-likeness (QED) is 0.435. The minimum atomic E-state index is 0.180. The molecule has 0 radical (unpaired) electrons. The highest BCUT2D eigenvalue weighted by Crippen LogP contribution is 2.20. The van der Waals surface area contributed by atoms with Crippen molar-refractivity contribution in [2.45, 2.75) is 39.3 Å². The maximum Gasteiger partial charge on any atom is 0.121 e. The summed E-state index contributed by atoms with van der Waals surface area (Å²) in [6.07, 6.45) is 2.22. The highest BCUT2D eigenvalue weighted by atomic mass is 16.5. The van der Waals surface area contributed by atoms with E-state index in [0.717, 1.165) is 36.6 Å². The molecule has 3 aromatic carbocycles. The van der Waals surface area contributed by atoms with Crippen LogP contribution in [0.3, 0.4) is 0 Å². The van der Waals surface area contributed by atoms with E-state index in [9.17, 15) is 0 Å². The van der Waals surface area contributed by atoms with Crippen LogP contribution in [0.1, 0.15) is 31.4 Å². The van der Waals surface area contributed by atoms with Gasteiger partial charge in [-0.25, -0.2) is 0 Å². The van der Waals surface area contributed by atoms with Crippen LogP contribution in [0.15, 0.2) is 78.9 Å². The minimum absolute atomic E-state index is 0.180. The van der Waals surface area contributed by atoms with Gasteiger partial charge in [0.2, 0.25) is 0 Å². The summed E-state index contributed by atoms with van der Waals surface area (Å²) in [6.45, 7) is 5.53. The Balaban J connectivity index is 1.47. The predicted molar refractivity (Wildman–Crippen MR) is 116 cm³/mol. The molecule has 3 heteroatoms. The van der Waals surface area contributed by atoms with Gasteiger partial charge < -0.3 is 14.8 Å². The third-order valence-corrected chi connectivity index (χ3v) is 4.32. The van der Waals surface area contributed by atoms with E-state index in [2.05, 4.69) is 53.8 Å². The number of aryl methyl sites for hydroxylation is 1. The van der Waals surface area contributed by atoms with Crippen molar-refractivity contribution >= 4 is 5.69 Å². The predicted octanol–water partition coefficient (Wildman–Crippen LogP) is 6.10. The highest BCUT2D eigenvalue weighted by Gasteiger charge is 2.01. The summed E-state index contributed by atoms with van der Waals surface area (Å²) < 4.78 is 11.7. The fourth-order valence-electron chi connectivity index (χ4n) is 3.01. The topological polar surface area (TPSA) is 30.5 Å². The van der Waals surface area contributed by atoms with Crippen molar-refractivity contribution in [3.05, 3.63) is 90.0 Å². The lowest BCUT2D eigenvalue weighted by Gasteiger charge is -2.12. The molecule has 0 spiro atoms. The van der Waals surface area contributed by atoms with E-state index in [1.165, 1.54) is 11.1 Å². The number of anilines is 1. The first kappa shape index (κ1) is 19.8. The van der Waals surface area contributed by atoms with Gasteiger partial charge in [0.05, 0.1) is 12.7 Å². The van der Waals surface area contributed by atoms with E-state index in [1.54, 1.807) is 0 Å². The molecule has 146 valence electrons. The van der Waals surface area contributed by atoms with Crippen molar-refractivity contribution in [3.63, 3.8) is 0 Å². The number of nitrogens with one attached hydrogen (secondary N) is 1. The van der Waals surface area contributed by atoms with Crippen LogP contribution in [0.4, 0.5) is 5.69 Å². The van der Waals surface area contributed by atoms with Gasteiger partial charge in [0, 0.05) is 18.3 Å². The number of hydrogen-bond acceptors (Lipinski definition) is 3. The molecule has 0 unspecified atom stereocenters. The molecule has 0 aliphatic heterocycles. The maximum atomic E-state index is 5.92. The van der Waals surface area contributed by atoms with Crippen LogP contribution >= 0.6 is 0 Å². The Morgan fingerprint density at radius 1 is 0.786 bits per heavy atom. The standard InChI is InChI=1S/C25H29NO2/c1-20(2)28-25-15-6-11-22(17-25)19-26-23-13-7-14-24(18-23)27-16-8-12-21-9-4-3-5-10-21/h3-7,9-11,13-15,17-18,20,26H,8,12,16,19H2,1-2H3. The van der Waals surface area contributed by atoms with Gasteiger partial charge in [-0.15, -0.1) is 0 Å². The molecular formula is C25H29NO2. The number of benzene rings is 3. The van der Waals surface area contributed by atoms with Gasteiger partial charge in [-0.1, -0.05) is 48.5 Å². The highest BCUT2D eigenvalue weighted by molar-refractivity contribution is 5.48. The van der Waals surface area contributed by atoms with Crippen molar-refractivity contribution in [2.75, 3.05) is 11.9 Å². The monoisotopic (exact) mass is 375 g/mol. The average molecular weight is 376 g/mol. The summed E-state index contributed by atoms with van der Waals surface area (Å²) in [6, 6.07) is 26.9. The van der Waals surface area contributed by atoms with Crippen LogP contribution in [-0.4, -0.2) is 12.7 Å². The van der Waals surface area contributed by atoms with Crippen LogP contribution in [0, 0.1) is 0 Å². The fourth-order valence-corrected chi connectivity index (χ4v) is 3.01. The van der Waals surface area contributed by atoms with Gasteiger partial charge >= 0.3 is 0 Å². The van der Waals surface area contributed by atoms with E-state index in [0.29, 0.717) is 6.61 Å². The number of ether oxygens (including phenoxy) is 2. The van der Waals surface area contributed by atoms with E-state index in [1.807, 2.05) is 44.2 Å². The zero-order chi connectivity index (χ0) is 19.6. The molecule has 0 saturated carbocycles. The first-order valence-corrected chi connectivity index (χ1v) is 9.95. The maximum absolute atomic E-state index is 5.92. The Morgan fingerprint density at radius 2 is 1.54 bits per heavy atom. The second kappa shape index (κ2) is 10.4. The van der Waals surface area contributed by atoms with E-state index in [4.69, 9.17) is 9.47 Å². The molecule has 0 aliphatic carbocycles. The molecule has 3 nitrogen and oxygen atoms in total. The van der Waals surface area contributed by atoms with Crippen molar-refractivity contribution in [1.29, 1.82) is 0 Å². The number of rotatable bonds is 10. The average Bonchev–Trinajstić information content (AvgIpc) is 2.71. The molecule has 0 bridgehead atoms. The molecule has 0 saturated heterocycles. The van der Waals surface area contributed by atoms with Crippen molar-refractivity contribution in [3.8, 4) is 11.5 Å². The van der Waals surface area contributed by atoms with E-state index >= 15 is 0 Å². The Kier molecular flexibility index (Phi) is 7.36.